The molecule has 1 aliphatic heterocycles. The Kier molecular flexibility index (Phi) is 2.14. The van der Waals surface area contributed by atoms with E-state index in [0.29, 0.717) is 11.5 Å². The molecule has 16 heavy (non-hydrogen) atoms. The van der Waals surface area contributed by atoms with Gasteiger partial charge in [-0.25, -0.2) is 0 Å². The number of rotatable bonds is 5. The molecule has 3 saturated carbocycles. The first kappa shape index (κ1) is 9.90. The van der Waals surface area contributed by atoms with E-state index in [9.17, 15) is 0 Å². The third-order valence-electron chi connectivity index (χ3n) is 5.17. The summed E-state index contributed by atoms with van der Waals surface area (Å²) in [5.41, 5.74) is 0.545. The van der Waals surface area contributed by atoms with Crippen LogP contribution in [-0.4, -0.2) is 25.3 Å². The molecule has 0 bridgehead atoms. The van der Waals surface area contributed by atoms with Crippen molar-refractivity contribution in [3.63, 3.8) is 0 Å². The fourth-order valence-corrected chi connectivity index (χ4v) is 3.74. The van der Waals surface area contributed by atoms with Crippen LogP contribution in [0.25, 0.3) is 0 Å². The highest BCUT2D eigenvalue weighted by Crippen LogP contribution is 2.58. The summed E-state index contributed by atoms with van der Waals surface area (Å²) >= 11 is 0. The molecule has 0 spiro atoms. The van der Waals surface area contributed by atoms with Crippen molar-refractivity contribution >= 4 is 0 Å². The lowest BCUT2D eigenvalue weighted by Gasteiger charge is -2.35. The molecule has 2 atom stereocenters. The molecule has 0 aromatic heterocycles. The second kappa shape index (κ2) is 3.46. The van der Waals surface area contributed by atoms with E-state index in [1.54, 1.807) is 0 Å². The van der Waals surface area contributed by atoms with Crippen LogP contribution in [0.2, 0.25) is 0 Å². The van der Waals surface area contributed by atoms with E-state index in [-0.39, 0.29) is 0 Å². The maximum Gasteiger partial charge on any atom is 0.0675 e. The Hall–Kier alpha value is -0.0800. The number of hydrogen-bond donors (Lipinski definition) is 1. The van der Waals surface area contributed by atoms with Gasteiger partial charge in [-0.05, 0) is 56.8 Å². The van der Waals surface area contributed by atoms with Crippen molar-refractivity contribution in [2.45, 2.75) is 57.1 Å². The minimum atomic E-state index is 0.545. The largest absolute Gasteiger partial charge is 0.377 e. The van der Waals surface area contributed by atoms with Gasteiger partial charge < -0.3 is 10.1 Å². The molecular weight excluding hydrogens is 198 g/mol. The van der Waals surface area contributed by atoms with E-state index >= 15 is 0 Å². The SMILES string of the molecule is C1CC(CNC2CC2)(C2CC2)C(C2CC2)O1. The van der Waals surface area contributed by atoms with Crippen molar-refractivity contribution in [2.24, 2.45) is 17.3 Å². The monoisotopic (exact) mass is 221 g/mol. The van der Waals surface area contributed by atoms with Crippen LogP contribution in [0.3, 0.4) is 0 Å². The standard InChI is InChI=1S/C14H23NO/c1-2-10(1)13-14(7-8-16-13,11-3-4-11)9-15-12-5-6-12/h10-13,15H,1-9H2. The molecule has 1 saturated heterocycles. The van der Waals surface area contributed by atoms with Gasteiger partial charge >= 0.3 is 0 Å². The van der Waals surface area contributed by atoms with Crippen molar-refractivity contribution < 1.29 is 4.74 Å². The molecule has 3 aliphatic carbocycles. The molecule has 4 aliphatic rings. The zero-order valence-corrected chi connectivity index (χ0v) is 10.1. The van der Waals surface area contributed by atoms with Crippen LogP contribution in [0.15, 0.2) is 0 Å². The Bertz CT molecular complexity index is 280. The quantitative estimate of drug-likeness (QED) is 0.769. The zero-order valence-electron chi connectivity index (χ0n) is 10.1. The van der Waals surface area contributed by atoms with Crippen molar-refractivity contribution in [3.8, 4) is 0 Å². The van der Waals surface area contributed by atoms with Gasteiger partial charge in [0.25, 0.3) is 0 Å². The second-order valence-electron chi connectivity index (χ2n) is 6.54. The van der Waals surface area contributed by atoms with Gasteiger partial charge in [-0.15, -0.1) is 0 Å². The Morgan fingerprint density at radius 2 is 1.88 bits per heavy atom. The van der Waals surface area contributed by atoms with Crippen LogP contribution in [0.4, 0.5) is 0 Å². The summed E-state index contributed by atoms with van der Waals surface area (Å²) in [6.45, 7) is 2.29. The predicted octanol–water partition coefficient (Wildman–Crippen LogP) is 2.33. The Morgan fingerprint density at radius 1 is 1.06 bits per heavy atom. The van der Waals surface area contributed by atoms with Gasteiger partial charge in [-0.2, -0.15) is 0 Å². The molecule has 2 nitrogen and oxygen atoms in total. The first-order valence-corrected chi connectivity index (χ1v) is 7.23. The third-order valence-corrected chi connectivity index (χ3v) is 5.17. The lowest BCUT2D eigenvalue weighted by Crippen LogP contribution is -2.44. The van der Waals surface area contributed by atoms with E-state index < -0.39 is 0 Å². The highest BCUT2D eigenvalue weighted by molar-refractivity contribution is 5.08. The third kappa shape index (κ3) is 1.62. The molecule has 2 unspecified atom stereocenters. The van der Waals surface area contributed by atoms with E-state index in [0.717, 1.165) is 24.5 Å². The van der Waals surface area contributed by atoms with Crippen molar-refractivity contribution in [1.29, 1.82) is 0 Å². The van der Waals surface area contributed by atoms with Crippen molar-refractivity contribution in [2.75, 3.05) is 13.2 Å². The smallest absolute Gasteiger partial charge is 0.0675 e. The van der Waals surface area contributed by atoms with Gasteiger partial charge in [-0.3, -0.25) is 0 Å². The zero-order chi connectivity index (χ0) is 10.6. The van der Waals surface area contributed by atoms with E-state index in [1.165, 1.54) is 51.5 Å². The molecule has 0 amide bonds. The maximum atomic E-state index is 6.11. The highest BCUT2D eigenvalue weighted by Gasteiger charge is 2.57. The predicted molar refractivity (Wildman–Crippen MR) is 63.3 cm³/mol. The number of ether oxygens (including phenoxy) is 1. The Labute approximate surface area is 98.1 Å². The van der Waals surface area contributed by atoms with Gasteiger partial charge in [0.1, 0.15) is 0 Å². The van der Waals surface area contributed by atoms with Gasteiger partial charge in [-0.1, -0.05) is 0 Å². The lowest BCUT2D eigenvalue weighted by atomic mass is 9.74. The average Bonchev–Trinajstić information content (AvgIpc) is 3.10. The molecule has 90 valence electrons. The van der Waals surface area contributed by atoms with E-state index in [1.807, 2.05) is 0 Å². The van der Waals surface area contributed by atoms with Gasteiger partial charge in [0.2, 0.25) is 0 Å². The van der Waals surface area contributed by atoms with Gasteiger partial charge in [0.05, 0.1) is 6.10 Å². The van der Waals surface area contributed by atoms with Crippen molar-refractivity contribution in [1.82, 2.24) is 5.32 Å². The summed E-state index contributed by atoms with van der Waals surface area (Å²) < 4.78 is 6.11. The van der Waals surface area contributed by atoms with Crippen LogP contribution < -0.4 is 5.32 Å². The number of nitrogens with one attached hydrogen (secondary N) is 1. The van der Waals surface area contributed by atoms with Gasteiger partial charge in [0, 0.05) is 24.6 Å². The summed E-state index contributed by atoms with van der Waals surface area (Å²) in [6.07, 6.45) is 10.6. The van der Waals surface area contributed by atoms with Crippen LogP contribution in [-0.2, 0) is 4.74 Å². The molecule has 1 N–H and O–H groups in total. The molecule has 0 aromatic carbocycles. The molecule has 1 heterocycles. The molecule has 2 heteroatoms. The Balaban J connectivity index is 1.51. The second-order valence-corrected chi connectivity index (χ2v) is 6.54. The van der Waals surface area contributed by atoms with Crippen LogP contribution >= 0.6 is 0 Å². The molecule has 0 radical (unpaired) electrons. The van der Waals surface area contributed by atoms with Crippen LogP contribution in [0.1, 0.15) is 44.9 Å². The topological polar surface area (TPSA) is 21.3 Å². The lowest BCUT2D eigenvalue weighted by molar-refractivity contribution is 0.0196. The van der Waals surface area contributed by atoms with Crippen LogP contribution in [0.5, 0.6) is 0 Å². The van der Waals surface area contributed by atoms with Gasteiger partial charge in [0.15, 0.2) is 0 Å². The first-order valence-electron chi connectivity index (χ1n) is 7.23. The summed E-state index contributed by atoms with van der Waals surface area (Å²) in [7, 11) is 0. The van der Waals surface area contributed by atoms with E-state index in [2.05, 4.69) is 5.32 Å². The highest BCUT2D eigenvalue weighted by atomic mass is 16.5. The molecule has 4 fully saturated rings. The van der Waals surface area contributed by atoms with E-state index in [4.69, 9.17) is 4.74 Å². The fraction of sp³-hybridized carbons (Fsp3) is 1.00. The average molecular weight is 221 g/mol. The first-order chi connectivity index (χ1) is 7.88. The minimum Gasteiger partial charge on any atom is -0.377 e. The molecule has 4 rings (SSSR count). The maximum absolute atomic E-state index is 6.11. The van der Waals surface area contributed by atoms with Crippen LogP contribution in [0, 0.1) is 17.3 Å². The molecular formula is C14H23NO. The summed E-state index contributed by atoms with van der Waals surface area (Å²) in [5, 5.41) is 3.79. The van der Waals surface area contributed by atoms with Crippen molar-refractivity contribution in [3.05, 3.63) is 0 Å². The Morgan fingerprint density at radius 3 is 2.50 bits per heavy atom. The minimum absolute atomic E-state index is 0.545. The summed E-state index contributed by atoms with van der Waals surface area (Å²) in [6, 6.07) is 0.857. The number of hydrogen-bond acceptors (Lipinski definition) is 2. The molecule has 0 aromatic rings. The normalized spacial score (nSPS) is 43.9. The fourth-order valence-electron chi connectivity index (χ4n) is 3.74. The summed E-state index contributed by atoms with van der Waals surface area (Å²) in [5.74, 6) is 1.91. The summed E-state index contributed by atoms with van der Waals surface area (Å²) in [4.78, 5) is 0.